The van der Waals surface area contributed by atoms with Crippen molar-refractivity contribution in [1.29, 1.82) is 0 Å². The van der Waals surface area contributed by atoms with E-state index in [0.717, 1.165) is 6.42 Å². The summed E-state index contributed by atoms with van der Waals surface area (Å²) in [5.41, 5.74) is 1.31. The van der Waals surface area contributed by atoms with Crippen molar-refractivity contribution in [3.63, 3.8) is 0 Å². The van der Waals surface area contributed by atoms with Crippen LogP contribution in [0.3, 0.4) is 0 Å². The molecule has 0 unspecified atom stereocenters. The van der Waals surface area contributed by atoms with Gasteiger partial charge in [-0.1, -0.05) is 38.5 Å². The molecular formula is C10H16NS. The van der Waals surface area contributed by atoms with E-state index in [1.54, 1.807) is 0 Å². The number of allylic oxidation sites excluding steroid dienone is 2. The van der Waals surface area contributed by atoms with Gasteiger partial charge in [-0.25, -0.2) is 0 Å². The molecule has 0 spiro atoms. The molecule has 0 aromatic carbocycles. The van der Waals surface area contributed by atoms with E-state index >= 15 is 0 Å². The maximum absolute atomic E-state index is 4.40. The van der Waals surface area contributed by atoms with Gasteiger partial charge in [-0.2, -0.15) is 0 Å². The molecule has 12 heavy (non-hydrogen) atoms. The summed E-state index contributed by atoms with van der Waals surface area (Å²) in [6, 6.07) is 0. The Kier molecular flexibility index (Phi) is 4.30. The van der Waals surface area contributed by atoms with Gasteiger partial charge in [-0.15, -0.1) is 0 Å². The van der Waals surface area contributed by atoms with E-state index in [1.807, 2.05) is 18.0 Å². The van der Waals surface area contributed by atoms with E-state index in [0.29, 0.717) is 0 Å². The number of hydrogen-bond donors (Lipinski definition) is 0. The molecule has 1 radical (unpaired) electrons. The lowest BCUT2D eigenvalue weighted by atomic mass is 10.2. The summed E-state index contributed by atoms with van der Waals surface area (Å²) >= 11 is 1.84. The van der Waals surface area contributed by atoms with E-state index < -0.39 is 0 Å². The fraction of sp³-hybridized carbons (Fsp3) is 0.600. The summed E-state index contributed by atoms with van der Waals surface area (Å²) in [6.45, 7) is 4.42. The van der Waals surface area contributed by atoms with Gasteiger partial charge in [0.25, 0.3) is 0 Å². The van der Waals surface area contributed by atoms with Crippen molar-refractivity contribution in [1.82, 2.24) is 5.32 Å². The fourth-order valence-corrected chi connectivity index (χ4v) is 2.14. The zero-order valence-corrected chi connectivity index (χ0v) is 8.66. The van der Waals surface area contributed by atoms with E-state index in [4.69, 9.17) is 0 Å². The Labute approximate surface area is 79.3 Å². The van der Waals surface area contributed by atoms with Crippen molar-refractivity contribution in [2.75, 3.05) is 0 Å². The Morgan fingerprint density at radius 2 is 2.00 bits per heavy atom. The Bertz CT molecular complexity index is 174. The molecule has 0 saturated heterocycles. The van der Waals surface area contributed by atoms with Crippen molar-refractivity contribution < 1.29 is 0 Å². The van der Waals surface area contributed by atoms with Crippen LogP contribution in [0, 0.1) is 0 Å². The van der Waals surface area contributed by atoms with Gasteiger partial charge >= 0.3 is 0 Å². The molecule has 0 aromatic heterocycles. The van der Waals surface area contributed by atoms with Crippen molar-refractivity contribution in [2.24, 2.45) is 0 Å². The Morgan fingerprint density at radius 1 is 1.25 bits per heavy atom. The lowest BCUT2D eigenvalue weighted by Crippen LogP contribution is -2.02. The summed E-state index contributed by atoms with van der Waals surface area (Å²) < 4.78 is 0. The highest BCUT2D eigenvalue weighted by atomic mass is 32.2. The third kappa shape index (κ3) is 2.59. The first kappa shape index (κ1) is 9.72. The Balaban J connectivity index is 2.57. The molecule has 0 saturated carbocycles. The maximum Gasteiger partial charge on any atom is 0.0501 e. The SMILES string of the molecule is CCCC1=C(CCC)SC=C[N]1. The van der Waals surface area contributed by atoms with E-state index in [9.17, 15) is 0 Å². The van der Waals surface area contributed by atoms with Crippen LogP contribution in [0.5, 0.6) is 0 Å². The smallest absolute Gasteiger partial charge is 0.0501 e. The third-order valence-corrected chi connectivity index (χ3v) is 2.77. The maximum atomic E-state index is 4.40. The van der Waals surface area contributed by atoms with Gasteiger partial charge in [0.15, 0.2) is 0 Å². The molecule has 0 amide bonds. The van der Waals surface area contributed by atoms with Gasteiger partial charge in [0.2, 0.25) is 0 Å². The van der Waals surface area contributed by atoms with Crippen LogP contribution in [0.1, 0.15) is 39.5 Å². The summed E-state index contributed by atoms with van der Waals surface area (Å²) in [5.74, 6) is 0. The van der Waals surface area contributed by atoms with E-state index in [-0.39, 0.29) is 0 Å². The lowest BCUT2D eigenvalue weighted by molar-refractivity contribution is 0.802. The van der Waals surface area contributed by atoms with Gasteiger partial charge in [-0.05, 0) is 18.2 Å². The van der Waals surface area contributed by atoms with Gasteiger partial charge in [0.1, 0.15) is 0 Å². The van der Waals surface area contributed by atoms with Crippen LogP contribution in [0.4, 0.5) is 0 Å². The standard InChI is InChI=1S/C10H16NS/c1-3-5-9-10(6-4-2)12-8-7-11-9/h7-8H,3-6H2,1-2H3. The highest BCUT2D eigenvalue weighted by molar-refractivity contribution is 8.05. The zero-order chi connectivity index (χ0) is 8.81. The number of hydrogen-bond acceptors (Lipinski definition) is 1. The minimum absolute atomic E-state index is 1.13. The second kappa shape index (κ2) is 5.31. The fourth-order valence-electron chi connectivity index (χ4n) is 1.24. The monoisotopic (exact) mass is 182 g/mol. The molecule has 1 nitrogen and oxygen atoms in total. The molecule has 0 fully saturated rings. The van der Waals surface area contributed by atoms with Crippen molar-refractivity contribution in [2.45, 2.75) is 39.5 Å². The molecule has 1 rings (SSSR count). The van der Waals surface area contributed by atoms with Crippen molar-refractivity contribution >= 4 is 11.8 Å². The van der Waals surface area contributed by atoms with Gasteiger partial charge in [0, 0.05) is 11.1 Å². The highest BCUT2D eigenvalue weighted by Gasteiger charge is 2.08. The van der Waals surface area contributed by atoms with Crippen molar-refractivity contribution in [3.05, 3.63) is 22.2 Å². The van der Waals surface area contributed by atoms with Crippen LogP contribution in [0.25, 0.3) is 0 Å². The highest BCUT2D eigenvalue weighted by Crippen LogP contribution is 2.30. The Hall–Kier alpha value is -0.370. The molecular weight excluding hydrogens is 166 g/mol. The van der Waals surface area contributed by atoms with Crippen molar-refractivity contribution in [3.8, 4) is 0 Å². The second-order valence-electron chi connectivity index (χ2n) is 2.90. The first-order valence-corrected chi connectivity index (χ1v) is 5.51. The molecule has 1 aliphatic rings. The summed E-state index contributed by atoms with van der Waals surface area (Å²) in [6.07, 6.45) is 6.65. The summed E-state index contributed by atoms with van der Waals surface area (Å²) in [4.78, 5) is 1.47. The van der Waals surface area contributed by atoms with E-state index in [2.05, 4.69) is 24.6 Å². The normalized spacial score (nSPS) is 16.5. The number of rotatable bonds is 4. The first-order chi connectivity index (χ1) is 5.88. The molecule has 0 aliphatic carbocycles. The molecule has 67 valence electrons. The van der Waals surface area contributed by atoms with Crippen LogP contribution in [0.2, 0.25) is 0 Å². The summed E-state index contributed by atoms with van der Waals surface area (Å²) in [5, 5.41) is 6.47. The van der Waals surface area contributed by atoms with Crippen LogP contribution in [0.15, 0.2) is 22.2 Å². The molecule has 1 heterocycles. The number of nitrogens with zero attached hydrogens (tertiary/aromatic N) is 1. The summed E-state index contributed by atoms with van der Waals surface area (Å²) in [7, 11) is 0. The molecule has 0 aromatic rings. The molecule has 0 N–H and O–H groups in total. The van der Waals surface area contributed by atoms with E-state index in [1.165, 1.54) is 29.9 Å². The zero-order valence-electron chi connectivity index (χ0n) is 7.84. The molecule has 1 aliphatic heterocycles. The third-order valence-electron chi connectivity index (χ3n) is 1.79. The average molecular weight is 182 g/mol. The molecule has 0 atom stereocenters. The molecule has 0 bridgehead atoms. The predicted octanol–water partition coefficient (Wildman–Crippen LogP) is 3.62. The van der Waals surface area contributed by atoms with Gasteiger partial charge in [0.05, 0.1) is 5.70 Å². The van der Waals surface area contributed by atoms with Crippen LogP contribution < -0.4 is 5.32 Å². The lowest BCUT2D eigenvalue weighted by Gasteiger charge is -2.14. The molecule has 2 heteroatoms. The largest absolute Gasteiger partial charge is 0.260 e. The minimum atomic E-state index is 1.13. The average Bonchev–Trinajstić information content (AvgIpc) is 2.09. The predicted molar refractivity (Wildman–Crippen MR) is 55.7 cm³/mol. The number of thioether (sulfide) groups is 1. The van der Waals surface area contributed by atoms with Crippen LogP contribution in [-0.2, 0) is 0 Å². The minimum Gasteiger partial charge on any atom is -0.260 e. The Morgan fingerprint density at radius 3 is 2.67 bits per heavy atom. The first-order valence-electron chi connectivity index (χ1n) is 4.63. The second-order valence-corrected chi connectivity index (χ2v) is 3.90. The van der Waals surface area contributed by atoms with Crippen LogP contribution in [-0.4, -0.2) is 0 Å². The van der Waals surface area contributed by atoms with Gasteiger partial charge in [-0.3, -0.25) is 5.32 Å². The van der Waals surface area contributed by atoms with Crippen LogP contribution >= 0.6 is 11.8 Å². The van der Waals surface area contributed by atoms with Gasteiger partial charge < -0.3 is 0 Å². The quantitative estimate of drug-likeness (QED) is 0.647. The topological polar surface area (TPSA) is 14.1 Å².